The zero-order valence-corrected chi connectivity index (χ0v) is 16.4. The van der Waals surface area contributed by atoms with Crippen molar-refractivity contribution < 1.29 is 4.79 Å². The number of amides is 1. The number of fused-ring (bicyclic) bond motifs is 1. The van der Waals surface area contributed by atoms with E-state index < -0.39 is 0 Å². The molecule has 0 saturated heterocycles. The van der Waals surface area contributed by atoms with Crippen molar-refractivity contribution in [2.45, 2.75) is 26.7 Å². The minimum absolute atomic E-state index is 0.234. The van der Waals surface area contributed by atoms with Crippen molar-refractivity contribution in [1.29, 1.82) is 0 Å². The van der Waals surface area contributed by atoms with Gasteiger partial charge in [-0.3, -0.25) is 4.79 Å². The number of benzene rings is 2. The Bertz CT molecular complexity index is 1160. The molecule has 1 N–H and O–H groups in total. The molecule has 2 heterocycles. The second-order valence-electron chi connectivity index (χ2n) is 6.64. The largest absolute Gasteiger partial charge is 0.319 e. The van der Waals surface area contributed by atoms with Crippen molar-refractivity contribution in [3.8, 4) is 11.4 Å². The standard InChI is InChI=1S/C23H21N5O/c1-3-18-19(4-2)28-21-12-16(10-11-20(21)27-18)23(29)26-17-13-24-22(25-14-17)15-8-6-5-7-9-15/h5-14H,3-4H2,1-2H3,(H,26,29). The number of nitrogens with one attached hydrogen (secondary N) is 1. The molecular weight excluding hydrogens is 362 g/mol. The highest BCUT2D eigenvalue weighted by atomic mass is 16.1. The Kier molecular flexibility index (Phi) is 5.24. The van der Waals surface area contributed by atoms with E-state index in [-0.39, 0.29) is 5.91 Å². The van der Waals surface area contributed by atoms with Crippen LogP contribution in [-0.4, -0.2) is 25.8 Å². The summed E-state index contributed by atoms with van der Waals surface area (Å²) in [5.41, 5.74) is 5.49. The van der Waals surface area contributed by atoms with Crippen molar-refractivity contribution in [2.75, 3.05) is 5.32 Å². The van der Waals surface area contributed by atoms with Crippen molar-refractivity contribution in [1.82, 2.24) is 19.9 Å². The van der Waals surface area contributed by atoms with E-state index in [4.69, 9.17) is 4.98 Å². The van der Waals surface area contributed by atoms with Gasteiger partial charge in [-0.25, -0.2) is 19.9 Å². The zero-order chi connectivity index (χ0) is 20.2. The SMILES string of the molecule is CCc1nc2ccc(C(=O)Nc3cnc(-c4ccccc4)nc3)cc2nc1CC. The number of carbonyl (C=O) groups excluding carboxylic acids is 1. The van der Waals surface area contributed by atoms with Gasteiger partial charge in [0.1, 0.15) is 0 Å². The molecular formula is C23H21N5O. The average molecular weight is 383 g/mol. The molecule has 0 aliphatic heterocycles. The van der Waals surface area contributed by atoms with Crippen LogP contribution in [-0.2, 0) is 12.8 Å². The van der Waals surface area contributed by atoms with Crippen LogP contribution >= 0.6 is 0 Å². The van der Waals surface area contributed by atoms with Gasteiger partial charge in [0.05, 0.1) is 40.5 Å². The number of hydrogen-bond acceptors (Lipinski definition) is 5. The van der Waals surface area contributed by atoms with Crippen LogP contribution in [0.4, 0.5) is 5.69 Å². The van der Waals surface area contributed by atoms with Gasteiger partial charge in [0.2, 0.25) is 0 Å². The number of carbonyl (C=O) groups is 1. The molecule has 0 fully saturated rings. The van der Waals surface area contributed by atoms with Crippen LogP contribution in [0.25, 0.3) is 22.4 Å². The van der Waals surface area contributed by atoms with Crippen LogP contribution in [0.3, 0.4) is 0 Å². The molecule has 4 aromatic rings. The van der Waals surface area contributed by atoms with E-state index in [0.717, 1.165) is 40.8 Å². The van der Waals surface area contributed by atoms with E-state index in [1.165, 1.54) is 0 Å². The molecule has 2 aromatic heterocycles. The third-order valence-electron chi connectivity index (χ3n) is 4.69. The van der Waals surface area contributed by atoms with Gasteiger partial charge >= 0.3 is 0 Å². The molecule has 29 heavy (non-hydrogen) atoms. The van der Waals surface area contributed by atoms with Crippen LogP contribution < -0.4 is 5.32 Å². The van der Waals surface area contributed by atoms with E-state index in [2.05, 4.69) is 34.1 Å². The van der Waals surface area contributed by atoms with Gasteiger partial charge < -0.3 is 5.32 Å². The Morgan fingerprint density at radius 2 is 1.52 bits per heavy atom. The second-order valence-corrected chi connectivity index (χ2v) is 6.64. The maximum absolute atomic E-state index is 12.7. The lowest BCUT2D eigenvalue weighted by molar-refractivity contribution is 0.102. The van der Waals surface area contributed by atoms with Gasteiger partial charge in [-0.05, 0) is 31.0 Å². The summed E-state index contributed by atoms with van der Waals surface area (Å²) < 4.78 is 0. The van der Waals surface area contributed by atoms with E-state index in [9.17, 15) is 4.79 Å². The number of nitrogens with zero attached hydrogens (tertiary/aromatic N) is 4. The molecule has 1 amide bonds. The minimum atomic E-state index is -0.234. The van der Waals surface area contributed by atoms with Gasteiger partial charge in [-0.2, -0.15) is 0 Å². The minimum Gasteiger partial charge on any atom is -0.319 e. The molecule has 0 radical (unpaired) electrons. The van der Waals surface area contributed by atoms with Gasteiger partial charge in [0.25, 0.3) is 5.91 Å². The molecule has 6 heteroatoms. The molecule has 0 aliphatic carbocycles. The number of aryl methyl sites for hydroxylation is 2. The first-order chi connectivity index (χ1) is 14.2. The van der Waals surface area contributed by atoms with Gasteiger partial charge in [0.15, 0.2) is 5.82 Å². The first-order valence-electron chi connectivity index (χ1n) is 9.66. The Hall–Kier alpha value is -3.67. The molecule has 2 aromatic carbocycles. The first kappa shape index (κ1) is 18.7. The van der Waals surface area contributed by atoms with Crippen LogP contribution in [0.2, 0.25) is 0 Å². The monoisotopic (exact) mass is 383 g/mol. The van der Waals surface area contributed by atoms with Crippen molar-refractivity contribution in [2.24, 2.45) is 0 Å². The van der Waals surface area contributed by atoms with Gasteiger partial charge in [0, 0.05) is 11.1 Å². The van der Waals surface area contributed by atoms with Crippen LogP contribution in [0.15, 0.2) is 60.9 Å². The topological polar surface area (TPSA) is 80.7 Å². The van der Waals surface area contributed by atoms with E-state index >= 15 is 0 Å². The van der Waals surface area contributed by atoms with Crippen LogP contribution in [0, 0.1) is 0 Å². The van der Waals surface area contributed by atoms with Crippen molar-refractivity contribution >= 4 is 22.6 Å². The summed E-state index contributed by atoms with van der Waals surface area (Å²) in [6, 6.07) is 15.1. The molecule has 0 saturated carbocycles. The molecule has 0 bridgehead atoms. The fourth-order valence-corrected chi connectivity index (χ4v) is 3.17. The second kappa shape index (κ2) is 8.14. The fourth-order valence-electron chi connectivity index (χ4n) is 3.17. The Morgan fingerprint density at radius 3 is 2.17 bits per heavy atom. The first-order valence-corrected chi connectivity index (χ1v) is 9.66. The van der Waals surface area contributed by atoms with Crippen molar-refractivity contribution in [3.63, 3.8) is 0 Å². The summed E-state index contributed by atoms with van der Waals surface area (Å²) in [6.07, 6.45) is 4.87. The van der Waals surface area contributed by atoms with Crippen molar-refractivity contribution in [3.05, 3.63) is 77.9 Å². The summed E-state index contributed by atoms with van der Waals surface area (Å²) in [7, 11) is 0. The summed E-state index contributed by atoms with van der Waals surface area (Å²) >= 11 is 0. The van der Waals surface area contributed by atoms with Crippen LogP contribution in [0.5, 0.6) is 0 Å². The highest BCUT2D eigenvalue weighted by Gasteiger charge is 2.11. The lowest BCUT2D eigenvalue weighted by atomic mass is 10.1. The molecule has 0 spiro atoms. The maximum atomic E-state index is 12.7. The average Bonchev–Trinajstić information content (AvgIpc) is 2.78. The normalized spacial score (nSPS) is 10.8. The fraction of sp³-hybridized carbons (Fsp3) is 0.174. The predicted octanol–water partition coefficient (Wildman–Crippen LogP) is 4.46. The Labute approximate surface area is 169 Å². The smallest absolute Gasteiger partial charge is 0.255 e. The zero-order valence-electron chi connectivity index (χ0n) is 16.4. The molecule has 144 valence electrons. The lowest BCUT2D eigenvalue weighted by Crippen LogP contribution is -2.12. The van der Waals surface area contributed by atoms with E-state index in [1.54, 1.807) is 24.5 Å². The highest BCUT2D eigenvalue weighted by Crippen LogP contribution is 2.18. The Balaban J connectivity index is 1.55. The third-order valence-corrected chi connectivity index (χ3v) is 4.69. The van der Waals surface area contributed by atoms with E-state index in [0.29, 0.717) is 17.1 Å². The Morgan fingerprint density at radius 1 is 0.862 bits per heavy atom. The lowest BCUT2D eigenvalue weighted by Gasteiger charge is -2.09. The number of rotatable bonds is 5. The van der Waals surface area contributed by atoms with E-state index in [1.807, 2.05) is 36.4 Å². The molecule has 0 unspecified atom stereocenters. The molecule has 6 nitrogen and oxygen atoms in total. The number of anilines is 1. The quantitative estimate of drug-likeness (QED) is 0.550. The summed E-state index contributed by atoms with van der Waals surface area (Å²) in [4.78, 5) is 30.7. The number of hydrogen-bond donors (Lipinski definition) is 1. The summed E-state index contributed by atoms with van der Waals surface area (Å²) in [6.45, 7) is 4.13. The molecule has 4 rings (SSSR count). The molecule has 0 atom stereocenters. The predicted molar refractivity (Wildman–Crippen MR) is 114 cm³/mol. The highest BCUT2D eigenvalue weighted by molar-refractivity contribution is 6.05. The molecule has 0 aliphatic rings. The summed E-state index contributed by atoms with van der Waals surface area (Å²) in [5.74, 6) is 0.380. The van der Waals surface area contributed by atoms with Crippen LogP contribution in [0.1, 0.15) is 35.6 Å². The van der Waals surface area contributed by atoms with Gasteiger partial charge in [-0.1, -0.05) is 44.2 Å². The van der Waals surface area contributed by atoms with Gasteiger partial charge in [-0.15, -0.1) is 0 Å². The third kappa shape index (κ3) is 3.96. The maximum Gasteiger partial charge on any atom is 0.255 e. The summed E-state index contributed by atoms with van der Waals surface area (Å²) in [5, 5.41) is 2.84. The number of aromatic nitrogens is 4.